The zero-order valence-electron chi connectivity index (χ0n) is 17.0. The second-order valence-corrected chi connectivity index (χ2v) is 7.90. The zero-order valence-corrected chi connectivity index (χ0v) is 17.0. The molecule has 1 aliphatic heterocycles. The minimum Gasteiger partial charge on any atom is -0.491 e. The van der Waals surface area contributed by atoms with E-state index < -0.39 is 17.5 Å². The average molecular weight is 418 g/mol. The van der Waals surface area contributed by atoms with E-state index in [0.29, 0.717) is 29.6 Å². The minimum absolute atomic E-state index is 0.0201. The van der Waals surface area contributed by atoms with Gasteiger partial charge in [-0.15, -0.1) is 6.58 Å². The van der Waals surface area contributed by atoms with E-state index in [1.165, 1.54) is 12.1 Å². The molecule has 0 atom stereocenters. The van der Waals surface area contributed by atoms with E-state index in [1.807, 2.05) is 6.08 Å². The highest BCUT2D eigenvalue weighted by Crippen LogP contribution is 2.44. The third-order valence-electron chi connectivity index (χ3n) is 5.93. The van der Waals surface area contributed by atoms with Gasteiger partial charge in [-0.2, -0.15) is 13.2 Å². The molecule has 1 aliphatic carbocycles. The van der Waals surface area contributed by atoms with Crippen LogP contribution in [0.3, 0.4) is 0 Å². The molecule has 6 heteroatoms. The SMILES string of the molecule is C=CC1CCC(COc2cc3c(c(F)c2F)Oc2c(ccc(OCC)c2F)C3)CC1. The van der Waals surface area contributed by atoms with Crippen molar-refractivity contribution >= 4 is 0 Å². The highest BCUT2D eigenvalue weighted by Gasteiger charge is 2.30. The molecular weight excluding hydrogens is 393 g/mol. The third kappa shape index (κ3) is 3.87. The summed E-state index contributed by atoms with van der Waals surface area (Å²) in [5.41, 5.74) is 0.971. The van der Waals surface area contributed by atoms with Crippen LogP contribution in [0.2, 0.25) is 0 Å². The summed E-state index contributed by atoms with van der Waals surface area (Å²) in [6, 6.07) is 4.65. The molecule has 0 spiro atoms. The molecule has 1 saturated carbocycles. The van der Waals surface area contributed by atoms with E-state index in [9.17, 15) is 13.2 Å². The molecule has 0 saturated heterocycles. The van der Waals surface area contributed by atoms with E-state index in [0.717, 1.165) is 25.7 Å². The van der Waals surface area contributed by atoms with Gasteiger partial charge in [0.15, 0.2) is 23.0 Å². The van der Waals surface area contributed by atoms with Crippen LogP contribution in [-0.2, 0) is 6.42 Å². The van der Waals surface area contributed by atoms with Crippen LogP contribution in [0.25, 0.3) is 0 Å². The Kier molecular flexibility index (Phi) is 5.93. The van der Waals surface area contributed by atoms with Crippen molar-refractivity contribution in [3.05, 3.63) is 59.4 Å². The summed E-state index contributed by atoms with van der Waals surface area (Å²) in [6.07, 6.45) is 6.23. The fourth-order valence-electron chi connectivity index (χ4n) is 4.18. The molecule has 2 aromatic carbocycles. The molecule has 30 heavy (non-hydrogen) atoms. The zero-order chi connectivity index (χ0) is 21.3. The Hall–Kier alpha value is -2.63. The summed E-state index contributed by atoms with van der Waals surface area (Å²) in [7, 11) is 0. The molecule has 3 nitrogen and oxygen atoms in total. The molecule has 0 bridgehead atoms. The highest BCUT2D eigenvalue weighted by atomic mass is 19.2. The molecule has 160 valence electrons. The maximum atomic E-state index is 14.7. The maximum absolute atomic E-state index is 14.7. The van der Waals surface area contributed by atoms with E-state index in [4.69, 9.17) is 14.2 Å². The predicted molar refractivity (Wildman–Crippen MR) is 108 cm³/mol. The van der Waals surface area contributed by atoms with Gasteiger partial charge in [-0.25, -0.2) is 0 Å². The quantitative estimate of drug-likeness (QED) is 0.424. The van der Waals surface area contributed by atoms with Crippen LogP contribution in [0, 0.1) is 29.3 Å². The van der Waals surface area contributed by atoms with Crippen LogP contribution >= 0.6 is 0 Å². The largest absolute Gasteiger partial charge is 0.491 e. The standard InChI is InChI=1S/C24H25F3O3/c1-3-14-5-7-15(8-6-14)13-29-19-12-17-11-16-9-10-18(28-4-2)21(26)23(16)30-24(17)22(27)20(19)25/h3,9-10,12,14-15H,1,4-8,11,13H2,2H3. The Morgan fingerprint density at radius 1 is 0.967 bits per heavy atom. The van der Waals surface area contributed by atoms with E-state index in [-0.39, 0.29) is 36.0 Å². The third-order valence-corrected chi connectivity index (χ3v) is 5.93. The number of benzene rings is 2. The summed E-state index contributed by atoms with van der Waals surface area (Å²) in [4.78, 5) is 0. The molecule has 2 aromatic rings. The fourth-order valence-corrected chi connectivity index (χ4v) is 4.18. The molecular formula is C24H25F3O3. The van der Waals surface area contributed by atoms with Gasteiger partial charge in [0.1, 0.15) is 0 Å². The Bertz CT molecular complexity index is 949. The van der Waals surface area contributed by atoms with E-state index in [1.54, 1.807) is 13.0 Å². The van der Waals surface area contributed by atoms with Gasteiger partial charge in [-0.05, 0) is 56.6 Å². The van der Waals surface area contributed by atoms with Crippen molar-refractivity contribution in [2.24, 2.45) is 11.8 Å². The summed E-state index contributed by atoms with van der Waals surface area (Å²) >= 11 is 0. The number of ether oxygens (including phenoxy) is 3. The van der Waals surface area contributed by atoms with Crippen molar-refractivity contribution in [2.75, 3.05) is 13.2 Å². The number of hydrogen-bond acceptors (Lipinski definition) is 3. The minimum atomic E-state index is -1.16. The molecule has 0 amide bonds. The van der Waals surface area contributed by atoms with Gasteiger partial charge >= 0.3 is 0 Å². The predicted octanol–water partition coefficient (Wildman–Crippen LogP) is 6.57. The van der Waals surface area contributed by atoms with Gasteiger partial charge in [0.05, 0.1) is 13.2 Å². The lowest BCUT2D eigenvalue weighted by atomic mass is 9.82. The van der Waals surface area contributed by atoms with Gasteiger partial charge in [0, 0.05) is 17.5 Å². The first kappa shape index (κ1) is 20.6. The monoisotopic (exact) mass is 418 g/mol. The van der Waals surface area contributed by atoms with Crippen LogP contribution < -0.4 is 14.2 Å². The molecule has 1 heterocycles. The van der Waals surface area contributed by atoms with Crippen LogP contribution in [-0.4, -0.2) is 13.2 Å². The van der Waals surface area contributed by atoms with E-state index >= 15 is 0 Å². The Balaban J connectivity index is 1.53. The second kappa shape index (κ2) is 8.62. The maximum Gasteiger partial charge on any atom is 0.207 e. The second-order valence-electron chi connectivity index (χ2n) is 7.90. The lowest BCUT2D eigenvalue weighted by molar-refractivity contribution is 0.187. The molecule has 4 rings (SSSR count). The number of hydrogen-bond donors (Lipinski definition) is 0. The van der Waals surface area contributed by atoms with Crippen LogP contribution in [0.1, 0.15) is 43.7 Å². The van der Waals surface area contributed by atoms with Crippen LogP contribution in [0.5, 0.6) is 23.0 Å². The first-order valence-electron chi connectivity index (χ1n) is 10.4. The molecule has 0 radical (unpaired) electrons. The van der Waals surface area contributed by atoms with Crippen molar-refractivity contribution in [3.8, 4) is 23.0 Å². The molecule has 0 N–H and O–H groups in total. The van der Waals surface area contributed by atoms with Gasteiger partial charge in [0.25, 0.3) is 0 Å². The first-order chi connectivity index (χ1) is 14.5. The molecule has 2 aliphatic rings. The number of fused-ring (bicyclic) bond motifs is 2. The molecule has 0 aromatic heterocycles. The first-order valence-corrected chi connectivity index (χ1v) is 10.4. The summed E-state index contributed by atoms with van der Waals surface area (Å²) < 4.78 is 60.3. The Labute approximate surface area is 174 Å². The lowest BCUT2D eigenvalue weighted by Crippen LogP contribution is -2.20. The van der Waals surface area contributed by atoms with Gasteiger partial charge in [-0.3, -0.25) is 0 Å². The van der Waals surface area contributed by atoms with Gasteiger partial charge < -0.3 is 14.2 Å². The van der Waals surface area contributed by atoms with Crippen molar-refractivity contribution in [1.82, 2.24) is 0 Å². The Morgan fingerprint density at radius 3 is 2.40 bits per heavy atom. The lowest BCUT2D eigenvalue weighted by Gasteiger charge is -2.27. The average Bonchev–Trinajstić information content (AvgIpc) is 2.77. The Morgan fingerprint density at radius 2 is 1.70 bits per heavy atom. The van der Waals surface area contributed by atoms with Crippen LogP contribution in [0.15, 0.2) is 30.9 Å². The smallest absolute Gasteiger partial charge is 0.207 e. The highest BCUT2D eigenvalue weighted by molar-refractivity contribution is 5.55. The number of rotatable bonds is 6. The number of halogens is 3. The van der Waals surface area contributed by atoms with Gasteiger partial charge in [-0.1, -0.05) is 12.1 Å². The summed E-state index contributed by atoms with van der Waals surface area (Å²) in [6.45, 7) is 6.19. The van der Waals surface area contributed by atoms with Crippen molar-refractivity contribution < 1.29 is 27.4 Å². The van der Waals surface area contributed by atoms with E-state index in [2.05, 4.69) is 6.58 Å². The molecule has 1 fully saturated rings. The molecule has 0 unspecified atom stereocenters. The van der Waals surface area contributed by atoms with Gasteiger partial charge in [0.2, 0.25) is 17.5 Å². The summed E-state index contributed by atoms with van der Waals surface area (Å²) in [5.74, 6) is -2.69. The normalized spacial score (nSPS) is 20.0. The fraction of sp³-hybridized carbons (Fsp3) is 0.417. The van der Waals surface area contributed by atoms with Crippen molar-refractivity contribution in [1.29, 1.82) is 0 Å². The number of allylic oxidation sites excluding steroid dienone is 1. The summed E-state index contributed by atoms with van der Waals surface area (Å²) in [5, 5.41) is 0. The van der Waals surface area contributed by atoms with Crippen LogP contribution in [0.4, 0.5) is 13.2 Å². The topological polar surface area (TPSA) is 27.7 Å². The van der Waals surface area contributed by atoms with Crippen molar-refractivity contribution in [3.63, 3.8) is 0 Å². The van der Waals surface area contributed by atoms with Crippen molar-refractivity contribution in [2.45, 2.75) is 39.0 Å².